The third-order valence-corrected chi connectivity index (χ3v) is 4.03. The van der Waals surface area contributed by atoms with Crippen molar-refractivity contribution < 1.29 is 5.21 Å². The molecule has 2 saturated carbocycles. The molecule has 0 saturated heterocycles. The number of hydrogen-bond donors (Lipinski definition) is 3. The maximum atomic E-state index is 8.79. The van der Waals surface area contributed by atoms with E-state index in [4.69, 9.17) is 10.9 Å². The van der Waals surface area contributed by atoms with Gasteiger partial charge in [-0.15, -0.1) is 0 Å². The normalized spacial score (nSPS) is 19.9. The number of rotatable bonds is 6. The summed E-state index contributed by atoms with van der Waals surface area (Å²) in [6, 6.07) is 4.50. The lowest BCUT2D eigenvalue weighted by molar-refractivity contribution is 0.318. The molecule has 0 bridgehead atoms. The Labute approximate surface area is 112 Å². The third kappa shape index (κ3) is 2.87. The number of nitrogens with two attached hydrogens (primary N) is 1. The molecule has 102 valence electrons. The highest BCUT2D eigenvalue weighted by molar-refractivity contribution is 5.96. The van der Waals surface area contributed by atoms with Gasteiger partial charge in [0.05, 0.1) is 0 Å². The van der Waals surface area contributed by atoms with Crippen LogP contribution in [0.3, 0.4) is 0 Å². The van der Waals surface area contributed by atoms with Gasteiger partial charge in [0.1, 0.15) is 5.69 Å². The first-order chi connectivity index (χ1) is 9.29. The first kappa shape index (κ1) is 12.4. The number of pyridine rings is 1. The zero-order chi connectivity index (χ0) is 13.2. The molecule has 1 heterocycles. The van der Waals surface area contributed by atoms with Gasteiger partial charge in [-0.3, -0.25) is 4.98 Å². The van der Waals surface area contributed by atoms with Crippen LogP contribution in [0.25, 0.3) is 0 Å². The average Bonchev–Trinajstić information content (AvgIpc) is 3.31. The molecule has 1 aromatic heterocycles. The predicted octanol–water partition coefficient (Wildman–Crippen LogP) is 1.45. The van der Waals surface area contributed by atoms with Crippen LogP contribution in [0, 0.1) is 11.8 Å². The molecular weight excluding hydrogens is 240 g/mol. The van der Waals surface area contributed by atoms with E-state index in [0.29, 0.717) is 11.7 Å². The van der Waals surface area contributed by atoms with E-state index in [1.54, 1.807) is 6.20 Å². The zero-order valence-corrected chi connectivity index (χ0v) is 10.9. The van der Waals surface area contributed by atoms with Gasteiger partial charge in [0, 0.05) is 18.8 Å². The van der Waals surface area contributed by atoms with Crippen molar-refractivity contribution in [1.82, 2.24) is 10.3 Å². The van der Waals surface area contributed by atoms with Gasteiger partial charge in [-0.2, -0.15) is 0 Å². The van der Waals surface area contributed by atoms with Gasteiger partial charge >= 0.3 is 0 Å². The highest BCUT2D eigenvalue weighted by atomic mass is 16.4. The fourth-order valence-corrected chi connectivity index (χ4v) is 2.72. The van der Waals surface area contributed by atoms with Gasteiger partial charge in [0.25, 0.3) is 0 Å². The van der Waals surface area contributed by atoms with Crippen molar-refractivity contribution in [3.8, 4) is 0 Å². The maximum Gasteiger partial charge on any atom is 0.189 e. The fourth-order valence-electron chi connectivity index (χ4n) is 2.72. The van der Waals surface area contributed by atoms with Gasteiger partial charge in [-0.1, -0.05) is 11.2 Å². The van der Waals surface area contributed by atoms with Crippen LogP contribution in [0.4, 0.5) is 0 Å². The quantitative estimate of drug-likeness (QED) is 0.313. The number of aromatic nitrogens is 1. The van der Waals surface area contributed by atoms with E-state index in [-0.39, 0.29) is 5.84 Å². The lowest BCUT2D eigenvalue weighted by Crippen LogP contribution is -2.33. The lowest BCUT2D eigenvalue weighted by atomic mass is 10.1. The minimum Gasteiger partial charge on any atom is -0.409 e. The summed E-state index contributed by atoms with van der Waals surface area (Å²) in [6.07, 6.45) is 7.08. The molecule has 0 aliphatic heterocycles. The Kier molecular flexibility index (Phi) is 3.38. The Hall–Kier alpha value is -1.62. The molecule has 0 unspecified atom stereocenters. The van der Waals surface area contributed by atoms with Crippen LogP contribution in [0.5, 0.6) is 0 Å². The molecule has 5 heteroatoms. The molecule has 0 radical (unpaired) electrons. The molecule has 3 rings (SSSR count). The van der Waals surface area contributed by atoms with Gasteiger partial charge < -0.3 is 16.3 Å². The molecule has 1 aromatic rings. The standard InChI is InChI=1S/C14H20N4O/c15-14(18-19)13-11(2-1-7-16-13)8-17-12(9-3-4-9)10-5-6-10/h1-2,7,9-10,12,17,19H,3-6,8H2,(H2,15,18). The second-order valence-corrected chi connectivity index (χ2v) is 5.58. The van der Waals surface area contributed by atoms with Gasteiger partial charge in [0.15, 0.2) is 5.84 Å². The molecule has 19 heavy (non-hydrogen) atoms. The molecule has 0 aromatic carbocycles. The highest BCUT2D eigenvalue weighted by Crippen LogP contribution is 2.44. The maximum absolute atomic E-state index is 8.79. The minimum absolute atomic E-state index is 0.0757. The number of oxime groups is 1. The van der Waals surface area contributed by atoms with Crippen LogP contribution in [0.2, 0.25) is 0 Å². The van der Waals surface area contributed by atoms with Crippen LogP contribution < -0.4 is 11.1 Å². The molecule has 0 atom stereocenters. The number of amidine groups is 1. The van der Waals surface area contributed by atoms with Crippen molar-refractivity contribution >= 4 is 5.84 Å². The topological polar surface area (TPSA) is 83.5 Å². The molecular formula is C14H20N4O. The fraction of sp³-hybridized carbons (Fsp3) is 0.571. The summed E-state index contributed by atoms with van der Waals surface area (Å²) in [5.74, 6) is 1.79. The third-order valence-electron chi connectivity index (χ3n) is 4.03. The Balaban J connectivity index is 1.68. The molecule has 5 nitrogen and oxygen atoms in total. The average molecular weight is 260 g/mol. The summed E-state index contributed by atoms with van der Waals surface area (Å²) >= 11 is 0. The Morgan fingerprint density at radius 2 is 2.11 bits per heavy atom. The monoisotopic (exact) mass is 260 g/mol. The van der Waals surface area contributed by atoms with Crippen LogP contribution >= 0.6 is 0 Å². The lowest BCUT2D eigenvalue weighted by Gasteiger charge is -2.18. The molecule has 0 amide bonds. The predicted molar refractivity (Wildman–Crippen MR) is 72.8 cm³/mol. The van der Waals surface area contributed by atoms with E-state index < -0.39 is 0 Å². The first-order valence-corrected chi connectivity index (χ1v) is 6.94. The molecule has 0 spiro atoms. The van der Waals surface area contributed by atoms with Crippen LogP contribution in [-0.2, 0) is 6.54 Å². The summed E-state index contributed by atoms with van der Waals surface area (Å²) < 4.78 is 0. The Morgan fingerprint density at radius 3 is 2.68 bits per heavy atom. The van der Waals surface area contributed by atoms with Gasteiger partial charge in [0.2, 0.25) is 0 Å². The summed E-state index contributed by atoms with van der Waals surface area (Å²) in [6.45, 7) is 0.733. The molecule has 2 fully saturated rings. The Morgan fingerprint density at radius 1 is 1.42 bits per heavy atom. The van der Waals surface area contributed by atoms with Crippen LogP contribution in [0.1, 0.15) is 36.9 Å². The van der Waals surface area contributed by atoms with Crippen molar-refractivity contribution in [2.75, 3.05) is 0 Å². The van der Waals surface area contributed by atoms with Gasteiger partial charge in [-0.05, 0) is 49.1 Å². The van der Waals surface area contributed by atoms with E-state index in [0.717, 1.165) is 23.9 Å². The van der Waals surface area contributed by atoms with Crippen molar-refractivity contribution in [1.29, 1.82) is 0 Å². The summed E-state index contributed by atoms with van der Waals surface area (Å²) in [5, 5.41) is 15.5. The largest absolute Gasteiger partial charge is 0.409 e. The molecule has 2 aliphatic rings. The second-order valence-electron chi connectivity index (χ2n) is 5.58. The Bertz CT molecular complexity index is 468. The highest BCUT2D eigenvalue weighted by Gasteiger charge is 2.41. The summed E-state index contributed by atoms with van der Waals surface area (Å²) in [5.41, 5.74) is 7.22. The van der Waals surface area contributed by atoms with E-state index in [9.17, 15) is 0 Å². The van der Waals surface area contributed by atoms with Crippen LogP contribution in [0.15, 0.2) is 23.5 Å². The summed E-state index contributed by atoms with van der Waals surface area (Å²) in [7, 11) is 0. The van der Waals surface area contributed by atoms with E-state index in [1.165, 1.54) is 25.7 Å². The second kappa shape index (κ2) is 5.17. The summed E-state index contributed by atoms with van der Waals surface area (Å²) in [4.78, 5) is 4.19. The smallest absolute Gasteiger partial charge is 0.189 e. The zero-order valence-electron chi connectivity index (χ0n) is 10.9. The number of hydrogen-bond acceptors (Lipinski definition) is 4. The first-order valence-electron chi connectivity index (χ1n) is 6.94. The minimum atomic E-state index is 0.0757. The molecule has 2 aliphatic carbocycles. The molecule has 4 N–H and O–H groups in total. The van der Waals surface area contributed by atoms with E-state index in [1.807, 2.05) is 12.1 Å². The van der Waals surface area contributed by atoms with Crippen molar-refractivity contribution in [2.45, 2.75) is 38.3 Å². The SMILES string of the molecule is NC(=NO)c1ncccc1CNC(C1CC1)C1CC1. The number of nitrogens with one attached hydrogen (secondary N) is 1. The number of nitrogens with zero attached hydrogens (tertiary/aromatic N) is 2. The van der Waals surface area contributed by atoms with E-state index in [2.05, 4.69) is 15.5 Å². The van der Waals surface area contributed by atoms with Crippen molar-refractivity contribution in [3.05, 3.63) is 29.6 Å². The van der Waals surface area contributed by atoms with Gasteiger partial charge in [-0.25, -0.2) is 0 Å². The van der Waals surface area contributed by atoms with Crippen LogP contribution in [-0.4, -0.2) is 22.1 Å². The van der Waals surface area contributed by atoms with E-state index >= 15 is 0 Å². The van der Waals surface area contributed by atoms with Crippen molar-refractivity contribution in [3.63, 3.8) is 0 Å². The van der Waals surface area contributed by atoms with Crippen molar-refractivity contribution in [2.24, 2.45) is 22.7 Å².